The fraction of sp³-hybridized carbons (Fsp3) is 0.308. The highest BCUT2D eigenvalue weighted by Gasteiger charge is 2.06. The van der Waals surface area contributed by atoms with E-state index in [0.717, 1.165) is 26.9 Å². The molecule has 2 heterocycles. The van der Waals surface area contributed by atoms with Gasteiger partial charge in [0.25, 0.3) is 0 Å². The molecule has 0 fully saturated rings. The zero-order valence-electron chi connectivity index (χ0n) is 11.3. The van der Waals surface area contributed by atoms with Gasteiger partial charge in [0.05, 0.1) is 23.4 Å². The molecule has 0 spiro atoms. The topological polar surface area (TPSA) is 64.9 Å². The van der Waals surface area contributed by atoms with Gasteiger partial charge in [-0.15, -0.1) is 0 Å². The minimum Gasteiger partial charge on any atom is -0.494 e. The molecule has 0 unspecified atom stereocenters. The van der Waals surface area contributed by atoms with Crippen LogP contribution in [0.5, 0.6) is 5.75 Å². The van der Waals surface area contributed by atoms with Crippen molar-refractivity contribution in [2.45, 2.75) is 13.5 Å². The molecule has 6 nitrogen and oxygen atoms in total. The molecule has 7 heteroatoms. The normalized spacial score (nSPS) is 10.9. The Kier molecular flexibility index (Phi) is 3.51. The molecular formula is C13H15N5OS. The maximum atomic E-state index is 5.49. The number of nitrogens with zero attached hydrogens (tertiary/aromatic N) is 4. The summed E-state index contributed by atoms with van der Waals surface area (Å²) < 4.78 is 8.28. The summed E-state index contributed by atoms with van der Waals surface area (Å²) in [7, 11) is 1.85. The lowest BCUT2D eigenvalue weighted by molar-refractivity contribution is 0.341. The van der Waals surface area contributed by atoms with Gasteiger partial charge in [0.1, 0.15) is 12.1 Å². The molecule has 0 radical (unpaired) electrons. The summed E-state index contributed by atoms with van der Waals surface area (Å²) in [6, 6.07) is 5.93. The van der Waals surface area contributed by atoms with E-state index in [1.54, 1.807) is 22.3 Å². The quantitative estimate of drug-likeness (QED) is 0.781. The lowest BCUT2D eigenvalue weighted by Crippen LogP contribution is -2.01. The first-order valence-corrected chi connectivity index (χ1v) is 7.18. The van der Waals surface area contributed by atoms with E-state index < -0.39 is 0 Å². The summed E-state index contributed by atoms with van der Waals surface area (Å²) in [4.78, 5) is 8.69. The van der Waals surface area contributed by atoms with Crippen molar-refractivity contribution in [2.24, 2.45) is 7.05 Å². The highest BCUT2D eigenvalue weighted by atomic mass is 32.1. The summed E-state index contributed by atoms with van der Waals surface area (Å²) in [5.74, 6) is 1.63. The van der Waals surface area contributed by atoms with Crippen molar-refractivity contribution in [3.8, 4) is 5.75 Å². The first-order chi connectivity index (χ1) is 9.74. The molecule has 0 aliphatic heterocycles. The van der Waals surface area contributed by atoms with E-state index in [9.17, 15) is 0 Å². The number of aromatic nitrogens is 4. The van der Waals surface area contributed by atoms with Gasteiger partial charge >= 0.3 is 0 Å². The lowest BCUT2D eigenvalue weighted by atomic mass is 10.3. The van der Waals surface area contributed by atoms with Gasteiger partial charge in [0, 0.05) is 7.05 Å². The van der Waals surface area contributed by atoms with E-state index >= 15 is 0 Å². The van der Waals surface area contributed by atoms with Crippen LogP contribution in [0.2, 0.25) is 0 Å². The minimum absolute atomic E-state index is 0.568. The fourth-order valence-electron chi connectivity index (χ4n) is 1.86. The summed E-state index contributed by atoms with van der Waals surface area (Å²) in [6.45, 7) is 3.21. The first-order valence-electron chi connectivity index (χ1n) is 6.36. The smallest absolute Gasteiger partial charge is 0.184 e. The second-order valence-electron chi connectivity index (χ2n) is 4.27. The Bertz CT molecular complexity index is 720. The Morgan fingerprint density at radius 3 is 3.05 bits per heavy atom. The third kappa shape index (κ3) is 2.72. The number of hydrogen-bond donors (Lipinski definition) is 1. The van der Waals surface area contributed by atoms with E-state index in [2.05, 4.69) is 20.4 Å². The van der Waals surface area contributed by atoms with Crippen LogP contribution in [0.15, 0.2) is 24.5 Å². The maximum Gasteiger partial charge on any atom is 0.184 e. The number of benzene rings is 1. The van der Waals surface area contributed by atoms with Crippen molar-refractivity contribution < 1.29 is 4.74 Å². The number of thiazole rings is 1. The SMILES string of the molecule is CCOc1ccc2nc(NCc3ncn(C)n3)sc2c1. The van der Waals surface area contributed by atoms with Gasteiger partial charge in [0.15, 0.2) is 11.0 Å². The third-order valence-corrected chi connectivity index (χ3v) is 3.69. The highest BCUT2D eigenvalue weighted by molar-refractivity contribution is 7.22. The van der Waals surface area contributed by atoms with E-state index in [-0.39, 0.29) is 0 Å². The maximum absolute atomic E-state index is 5.49. The molecule has 1 aromatic carbocycles. The Balaban J connectivity index is 1.75. The van der Waals surface area contributed by atoms with Crippen molar-refractivity contribution in [1.82, 2.24) is 19.7 Å². The summed E-state index contributed by atoms with van der Waals surface area (Å²) >= 11 is 1.60. The van der Waals surface area contributed by atoms with Gasteiger partial charge in [0.2, 0.25) is 0 Å². The van der Waals surface area contributed by atoms with Crippen LogP contribution in [-0.2, 0) is 13.6 Å². The molecule has 0 bridgehead atoms. The van der Waals surface area contributed by atoms with Gasteiger partial charge in [-0.3, -0.25) is 4.68 Å². The molecule has 0 amide bonds. The molecule has 0 atom stereocenters. The van der Waals surface area contributed by atoms with Crippen molar-refractivity contribution in [3.63, 3.8) is 0 Å². The number of fused-ring (bicyclic) bond motifs is 1. The Hall–Kier alpha value is -2.15. The van der Waals surface area contributed by atoms with Crippen LogP contribution in [0.1, 0.15) is 12.7 Å². The van der Waals surface area contributed by atoms with Crippen molar-refractivity contribution in [3.05, 3.63) is 30.4 Å². The number of anilines is 1. The lowest BCUT2D eigenvalue weighted by Gasteiger charge is -2.00. The second-order valence-corrected chi connectivity index (χ2v) is 5.30. The van der Waals surface area contributed by atoms with Gasteiger partial charge in [-0.1, -0.05) is 11.3 Å². The third-order valence-electron chi connectivity index (χ3n) is 2.72. The standard InChI is InChI=1S/C13H15N5OS/c1-3-19-9-4-5-10-11(6-9)20-13(16-10)14-7-12-15-8-18(2)17-12/h4-6,8H,3,7H2,1-2H3,(H,14,16). The van der Waals surface area contributed by atoms with E-state index in [0.29, 0.717) is 13.2 Å². The molecular weight excluding hydrogens is 274 g/mol. The van der Waals surface area contributed by atoms with Crippen LogP contribution in [0, 0.1) is 0 Å². The molecule has 0 aliphatic rings. The Morgan fingerprint density at radius 2 is 2.30 bits per heavy atom. The molecule has 20 heavy (non-hydrogen) atoms. The average molecular weight is 289 g/mol. The van der Waals surface area contributed by atoms with Gasteiger partial charge < -0.3 is 10.1 Å². The monoisotopic (exact) mass is 289 g/mol. The number of aryl methyl sites for hydroxylation is 1. The number of rotatable bonds is 5. The molecule has 2 aromatic heterocycles. The average Bonchev–Trinajstić information content (AvgIpc) is 3.02. The fourth-order valence-corrected chi connectivity index (χ4v) is 2.75. The van der Waals surface area contributed by atoms with Crippen molar-refractivity contribution >= 4 is 26.7 Å². The molecule has 0 saturated heterocycles. The van der Waals surface area contributed by atoms with Crippen LogP contribution in [0.3, 0.4) is 0 Å². The molecule has 104 valence electrons. The largest absolute Gasteiger partial charge is 0.494 e. The van der Waals surface area contributed by atoms with E-state index in [1.165, 1.54) is 0 Å². The number of hydrogen-bond acceptors (Lipinski definition) is 6. The number of ether oxygens (including phenoxy) is 1. The second kappa shape index (κ2) is 5.46. The summed E-state index contributed by atoms with van der Waals surface area (Å²) in [5, 5.41) is 8.32. The van der Waals surface area contributed by atoms with Crippen LogP contribution < -0.4 is 10.1 Å². The predicted octanol–water partition coefficient (Wildman–Crippen LogP) is 2.44. The zero-order valence-corrected chi connectivity index (χ0v) is 12.1. The zero-order chi connectivity index (χ0) is 13.9. The molecule has 0 aliphatic carbocycles. The van der Waals surface area contributed by atoms with Crippen molar-refractivity contribution in [2.75, 3.05) is 11.9 Å². The van der Waals surface area contributed by atoms with Crippen LogP contribution in [-0.4, -0.2) is 26.4 Å². The Morgan fingerprint density at radius 1 is 1.40 bits per heavy atom. The molecule has 1 N–H and O–H groups in total. The molecule has 3 rings (SSSR count). The Labute approximate surface area is 120 Å². The summed E-state index contributed by atoms with van der Waals surface area (Å²) in [6.07, 6.45) is 1.68. The van der Waals surface area contributed by atoms with Gasteiger partial charge in [-0.2, -0.15) is 5.10 Å². The minimum atomic E-state index is 0.568. The molecule has 0 saturated carbocycles. The van der Waals surface area contributed by atoms with E-state index in [4.69, 9.17) is 4.74 Å². The van der Waals surface area contributed by atoms with Gasteiger partial charge in [-0.25, -0.2) is 9.97 Å². The summed E-state index contributed by atoms with van der Waals surface area (Å²) in [5.41, 5.74) is 0.968. The van der Waals surface area contributed by atoms with Crippen LogP contribution >= 0.6 is 11.3 Å². The number of nitrogens with one attached hydrogen (secondary N) is 1. The molecule has 3 aromatic rings. The predicted molar refractivity (Wildman–Crippen MR) is 79.1 cm³/mol. The van der Waals surface area contributed by atoms with Crippen molar-refractivity contribution in [1.29, 1.82) is 0 Å². The van der Waals surface area contributed by atoms with Crippen LogP contribution in [0.25, 0.3) is 10.2 Å². The van der Waals surface area contributed by atoms with Gasteiger partial charge in [-0.05, 0) is 25.1 Å². The first kappa shape index (κ1) is 12.9. The van der Waals surface area contributed by atoms with E-state index in [1.807, 2.05) is 32.2 Å². The van der Waals surface area contributed by atoms with Crippen LogP contribution in [0.4, 0.5) is 5.13 Å². The highest BCUT2D eigenvalue weighted by Crippen LogP contribution is 2.29.